The van der Waals surface area contributed by atoms with Gasteiger partial charge in [0.25, 0.3) is 5.91 Å². The molecular formula is C19H15F3N4O. The number of hydrogen-bond acceptors (Lipinski definition) is 3. The quantitative estimate of drug-likeness (QED) is 0.703. The van der Waals surface area contributed by atoms with E-state index in [-0.39, 0.29) is 18.0 Å². The van der Waals surface area contributed by atoms with E-state index < -0.39 is 11.7 Å². The third-order valence-electron chi connectivity index (χ3n) is 3.85. The maximum Gasteiger partial charge on any atom is 0.416 e. The zero-order chi connectivity index (χ0) is 19.6. The van der Waals surface area contributed by atoms with E-state index in [0.29, 0.717) is 16.9 Å². The molecule has 3 rings (SSSR count). The van der Waals surface area contributed by atoms with Gasteiger partial charge in [0, 0.05) is 17.8 Å². The molecule has 0 atom stereocenters. The van der Waals surface area contributed by atoms with Crippen LogP contribution in [0.4, 0.5) is 13.2 Å². The van der Waals surface area contributed by atoms with E-state index in [2.05, 4.69) is 27.2 Å². The van der Waals surface area contributed by atoms with E-state index in [0.717, 1.165) is 17.8 Å². The van der Waals surface area contributed by atoms with Crippen molar-refractivity contribution in [1.29, 1.82) is 0 Å². The number of nitrogens with zero attached hydrogens (tertiary/aromatic N) is 3. The van der Waals surface area contributed by atoms with Gasteiger partial charge in [-0.1, -0.05) is 17.9 Å². The molecule has 0 spiro atoms. The van der Waals surface area contributed by atoms with Crippen molar-refractivity contribution in [1.82, 2.24) is 19.9 Å². The van der Waals surface area contributed by atoms with Gasteiger partial charge in [0.15, 0.2) is 5.65 Å². The van der Waals surface area contributed by atoms with E-state index in [1.807, 2.05) is 6.92 Å². The lowest BCUT2D eigenvalue weighted by Crippen LogP contribution is -2.25. The Balaban J connectivity index is 1.69. The molecule has 0 bridgehead atoms. The number of aryl methyl sites for hydroxylation is 2. The summed E-state index contributed by atoms with van der Waals surface area (Å²) in [6.07, 6.45) is -2.96. The summed E-state index contributed by atoms with van der Waals surface area (Å²) in [4.78, 5) is 16.5. The fraction of sp³-hybridized carbons (Fsp3) is 0.211. The Bertz CT molecular complexity index is 1070. The van der Waals surface area contributed by atoms with E-state index in [1.54, 1.807) is 17.5 Å². The number of carbonyl (C=O) groups is 1. The van der Waals surface area contributed by atoms with Gasteiger partial charge in [0.2, 0.25) is 0 Å². The largest absolute Gasteiger partial charge is 0.416 e. The maximum absolute atomic E-state index is 12.7. The van der Waals surface area contributed by atoms with Gasteiger partial charge in [-0.15, -0.1) is 0 Å². The van der Waals surface area contributed by atoms with Crippen molar-refractivity contribution < 1.29 is 18.0 Å². The lowest BCUT2D eigenvalue weighted by molar-refractivity contribution is -0.137. The smallest absolute Gasteiger partial charge is 0.341 e. The molecule has 1 N–H and O–H groups in total. The predicted molar refractivity (Wildman–Crippen MR) is 93.1 cm³/mol. The number of aromatic nitrogens is 3. The van der Waals surface area contributed by atoms with Gasteiger partial charge in [0.05, 0.1) is 29.1 Å². The van der Waals surface area contributed by atoms with Crippen molar-refractivity contribution in [3.8, 4) is 11.8 Å². The van der Waals surface area contributed by atoms with Crippen molar-refractivity contribution in [2.75, 3.05) is 6.54 Å². The molecule has 0 radical (unpaired) electrons. The number of hydrogen-bond donors (Lipinski definition) is 1. The van der Waals surface area contributed by atoms with Gasteiger partial charge >= 0.3 is 6.18 Å². The third-order valence-corrected chi connectivity index (χ3v) is 3.85. The molecule has 1 aromatic carbocycles. The fourth-order valence-electron chi connectivity index (χ4n) is 2.52. The fourth-order valence-corrected chi connectivity index (χ4v) is 2.52. The standard InChI is InChI=1S/C19H15F3N4O/c1-12-9-17-24-11-16(13(2)26(17)25-12)18(27)23-8-4-6-14-5-3-7-15(10-14)19(20,21)22/h3,5,7,9-11H,8H2,1-2H3,(H,23,27). The topological polar surface area (TPSA) is 59.3 Å². The SMILES string of the molecule is Cc1cc2ncc(C(=O)NCC#Cc3cccc(C(F)(F)F)c3)c(C)n2n1. The van der Waals surface area contributed by atoms with Crippen LogP contribution in [0.3, 0.4) is 0 Å². The summed E-state index contributed by atoms with van der Waals surface area (Å²) in [5, 5.41) is 6.88. The van der Waals surface area contributed by atoms with Gasteiger partial charge in [-0.25, -0.2) is 9.50 Å². The minimum absolute atomic E-state index is 0.00924. The second-order valence-electron chi connectivity index (χ2n) is 5.88. The first kappa shape index (κ1) is 18.5. The van der Waals surface area contributed by atoms with Gasteiger partial charge in [-0.2, -0.15) is 18.3 Å². The highest BCUT2D eigenvalue weighted by atomic mass is 19.4. The lowest BCUT2D eigenvalue weighted by atomic mass is 10.1. The van der Waals surface area contributed by atoms with E-state index in [1.165, 1.54) is 18.3 Å². The molecule has 0 aliphatic rings. The third kappa shape index (κ3) is 4.08. The Labute approximate surface area is 153 Å². The van der Waals surface area contributed by atoms with Crippen LogP contribution in [0.1, 0.15) is 32.9 Å². The van der Waals surface area contributed by atoms with Crippen LogP contribution in [0, 0.1) is 25.7 Å². The van der Waals surface area contributed by atoms with Crippen molar-refractivity contribution in [2.24, 2.45) is 0 Å². The molecule has 0 fully saturated rings. The molecule has 1 amide bonds. The van der Waals surface area contributed by atoms with Gasteiger partial charge < -0.3 is 5.32 Å². The van der Waals surface area contributed by atoms with Gasteiger partial charge in [-0.3, -0.25) is 4.79 Å². The first-order valence-corrected chi connectivity index (χ1v) is 8.02. The number of carbonyl (C=O) groups excluding carboxylic acids is 1. The molecule has 5 nitrogen and oxygen atoms in total. The molecule has 2 heterocycles. The van der Waals surface area contributed by atoms with Gasteiger partial charge in [-0.05, 0) is 32.0 Å². The average Bonchev–Trinajstić information content (AvgIpc) is 3.00. The minimum atomic E-state index is -4.42. The number of alkyl halides is 3. The Morgan fingerprint density at radius 3 is 2.78 bits per heavy atom. The number of nitrogens with one attached hydrogen (secondary N) is 1. The highest BCUT2D eigenvalue weighted by Gasteiger charge is 2.30. The summed E-state index contributed by atoms with van der Waals surface area (Å²) < 4.78 is 39.6. The second kappa shape index (κ2) is 7.11. The zero-order valence-corrected chi connectivity index (χ0v) is 14.6. The molecular weight excluding hydrogens is 357 g/mol. The summed E-state index contributed by atoms with van der Waals surface area (Å²) >= 11 is 0. The Hall–Kier alpha value is -3.34. The molecule has 0 aliphatic heterocycles. The molecule has 8 heteroatoms. The first-order chi connectivity index (χ1) is 12.8. The van der Waals surface area contributed by atoms with Crippen LogP contribution in [0.15, 0.2) is 36.5 Å². The van der Waals surface area contributed by atoms with E-state index in [4.69, 9.17) is 0 Å². The lowest BCUT2D eigenvalue weighted by Gasteiger charge is -2.06. The molecule has 2 aromatic heterocycles. The number of rotatable bonds is 2. The number of halogens is 3. The molecule has 0 saturated heterocycles. The highest BCUT2D eigenvalue weighted by Crippen LogP contribution is 2.29. The van der Waals surface area contributed by atoms with Crippen LogP contribution in [0.2, 0.25) is 0 Å². The summed E-state index contributed by atoms with van der Waals surface area (Å²) in [5.74, 6) is 4.88. The van der Waals surface area contributed by atoms with Crippen LogP contribution in [-0.4, -0.2) is 27.0 Å². The summed E-state index contributed by atoms with van der Waals surface area (Å²) in [6.45, 7) is 3.58. The normalized spacial score (nSPS) is 11.1. The summed E-state index contributed by atoms with van der Waals surface area (Å²) in [5.41, 5.74) is 1.89. The maximum atomic E-state index is 12.7. The molecule has 3 aromatic rings. The van der Waals surface area contributed by atoms with Crippen molar-refractivity contribution >= 4 is 11.6 Å². The molecule has 27 heavy (non-hydrogen) atoms. The van der Waals surface area contributed by atoms with Crippen molar-refractivity contribution in [3.05, 3.63) is 64.6 Å². The van der Waals surface area contributed by atoms with Gasteiger partial charge in [0.1, 0.15) is 0 Å². The average molecular weight is 372 g/mol. The summed E-state index contributed by atoms with van der Waals surface area (Å²) in [6, 6.07) is 6.52. The first-order valence-electron chi connectivity index (χ1n) is 8.02. The van der Waals surface area contributed by atoms with Crippen molar-refractivity contribution in [3.63, 3.8) is 0 Å². The molecule has 0 saturated carbocycles. The zero-order valence-electron chi connectivity index (χ0n) is 14.6. The van der Waals surface area contributed by atoms with Crippen molar-refractivity contribution in [2.45, 2.75) is 20.0 Å². The van der Waals surface area contributed by atoms with Crippen LogP contribution < -0.4 is 5.32 Å². The Morgan fingerprint density at radius 1 is 1.26 bits per heavy atom. The Morgan fingerprint density at radius 2 is 2.04 bits per heavy atom. The number of benzene rings is 1. The highest BCUT2D eigenvalue weighted by molar-refractivity contribution is 5.95. The minimum Gasteiger partial charge on any atom is -0.341 e. The monoisotopic (exact) mass is 372 g/mol. The number of amides is 1. The van der Waals surface area contributed by atoms with Crippen LogP contribution in [0.25, 0.3) is 5.65 Å². The molecule has 0 unspecified atom stereocenters. The molecule has 0 aliphatic carbocycles. The van der Waals surface area contributed by atoms with Crippen LogP contribution >= 0.6 is 0 Å². The predicted octanol–water partition coefficient (Wildman–Crippen LogP) is 3.15. The number of fused-ring (bicyclic) bond motifs is 1. The van der Waals surface area contributed by atoms with E-state index >= 15 is 0 Å². The van der Waals surface area contributed by atoms with Crippen LogP contribution in [0.5, 0.6) is 0 Å². The summed E-state index contributed by atoms with van der Waals surface area (Å²) in [7, 11) is 0. The molecule has 138 valence electrons. The van der Waals surface area contributed by atoms with Crippen LogP contribution in [-0.2, 0) is 6.18 Å². The second-order valence-corrected chi connectivity index (χ2v) is 5.88. The van der Waals surface area contributed by atoms with E-state index in [9.17, 15) is 18.0 Å². The Kier molecular flexibility index (Phi) is 4.86.